The second-order valence-electron chi connectivity index (χ2n) is 22.7. The van der Waals surface area contributed by atoms with Crippen LogP contribution in [0, 0.1) is 0 Å². The third-order valence-electron chi connectivity index (χ3n) is 14.9. The summed E-state index contributed by atoms with van der Waals surface area (Å²) in [5.74, 6) is -0.813. The van der Waals surface area contributed by atoms with E-state index in [1.807, 2.05) is 0 Å². The highest BCUT2D eigenvalue weighted by molar-refractivity contribution is 7.47. The fourth-order valence-electron chi connectivity index (χ4n) is 9.88. The molecule has 0 saturated heterocycles. The summed E-state index contributed by atoms with van der Waals surface area (Å²) < 4.78 is 33.2. The van der Waals surface area contributed by atoms with Gasteiger partial charge in [-0.2, -0.15) is 0 Å². The highest BCUT2D eigenvalue weighted by Gasteiger charge is 2.26. The van der Waals surface area contributed by atoms with Crippen molar-refractivity contribution in [1.82, 2.24) is 0 Å². The van der Waals surface area contributed by atoms with Gasteiger partial charge in [-0.3, -0.25) is 18.6 Å². The third kappa shape index (κ3) is 64.6. The Labute approximate surface area is 494 Å². The van der Waals surface area contributed by atoms with E-state index in [4.69, 9.17) is 24.3 Å². The number of hydrogen-bond acceptors (Lipinski definition) is 8. The van der Waals surface area contributed by atoms with Gasteiger partial charge in [-0.05, 0) is 64.2 Å². The molecule has 0 aromatic heterocycles. The summed E-state index contributed by atoms with van der Waals surface area (Å²) >= 11 is 0. The number of allylic oxidation sites excluding steroid dienone is 12. The first-order valence-corrected chi connectivity index (χ1v) is 35.4. The number of rotatable bonds is 64. The molecule has 0 aromatic rings. The van der Waals surface area contributed by atoms with Crippen LogP contribution in [0.4, 0.5) is 0 Å². The first-order chi connectivity index (χ1) is 39.3. The molecule has 0 aromatic carbocycles. The average Bonchev–Trinajstić information content (AvgIpc) is 3.45. The lowest BCUT2D eigenvalue weighted by Gasteiger charge is -2.19. The molecule has 0 heterocycles. The lowest BCUT2D eigenvalue weighted by molar-refractivity contribution is -0.161. The van der Waals surface area contributed by atoms with Gasteiger partial charge in [0.2, 0.25) is 0 Å². The van der Waals surface area contributed by atoms with Crippen molar-refractivity contribution in [2.45, 2.75) is 335 Å². The molecule has 0 aliphatic heterocycles. The summed E-state index contributed by atoms with van der Waals surface area (Å²) in [5.41, 5.74) is 5.40. The van der Waals surface area contributed by atoms with Gasteiger partial charge in [-0.25, -0.2) is 4.57 Å². The van der Waals surface area contributed by atoms with E-state index in [9.17, 15) is 19.0 Å². The quantitative estimate of drug-likeness (QED) is 0.0264. The Morgan fingerprint density at radius 1 is 0.388 bits per heavy atom. The Morgan fingerprint density at radius 2 is 0.688 bits per heavy atom. The van der Waals surface area contributed by atoms with Crippen LogP contribution < -0.4 is 5.73 Å². The number of unbranched alkanes of at least 4 members (excludes halogenated alkanes) is 39. The van der Waals surface area contributed by atoms with E-state index in [0.717, 1.165) is 77.0 Å². The summed E-state index contributed by atoms with van der Waals surface area (Å²) in [7, 11) is -4.39. The molecule has 9 nitrogen and oxygen atoms in total. The highest BCUT2D eigenvalue weighted by atomic mass is 31.2. The van der Waals surface area contributed by atoms with Crippen molar-refractivity contribution < 1.29 is 37.6 Å². The van der Waals surface area contributed by atoms with Crippen LogP contribution in [0.1, 0.15) is 328 Å². The molecule has 0 radical (unpaired) electrons. The van der Waals surface area contributed by atoms with E-state index in [1.54, 1.807) is 0 Å². The lowest BCUT2D eigenvalue weighted by atomic mass is 10.0. The minimum absolute atomic E-state index is 0.0533. The molecule has 0 aliphatic rings. The molecule has 0 aliphatic carbocycles. The van der Waals surface area contributed by atoms with E-state index in [2.05, 4.69) is 86.8 Å². The van der Waals surface area contributed by atoms with Crippen LogP contribution in [-0.2, 0) is 32.7 Å². The minimum Gasteiger partial charge on any atom is -0.462 e. The smallest absolute Gasteiger partial charge is 0.462 e. The minimum atomic E-state index is -4.39. The average molecular weight is 1140 g/mol. The number of nitrogens with two attached hydrogens (primary N) is 1. The first kappa shape index (κ1) is 77.5. The summed E-state index contributed by atoms with van der Waals surface area (Å²) in [4.78, 5) is 35.3. The molecule has 466 valence electrons. The molecular weight excluding hydrogens is 1010 g/mol. The van der Waals surface area contributed by atoms with Gasteiger partial charge in [-0.1, -0.05) is 324 Å². The van der Waals surface area contributed by atoms with E-state index in [0.29, 0.717) is 6.42 Å². The van der Waals surface area contributed by atoms with Crippen LogP contribution in [0.5, 0.6) is 0 Å². The largest absolute Gasteiger partial charge is 0.472 e. The van der Waals surface area contributed by atoms with E-state index in [1.165, 1.54) is 218 Å². The maximum atomic E-state index is 12.8. The maximum absolute atomic E-state index is 12.8. The maximum Gasteiger partial charge on any atom is 0.472 e. The van der Waals surface area contributed by atoms with E-state index in [-0.39, 0.29) is 38.6 Å². The van der Waals surface area contributed by atoms with Crippen LogP contribution >= 0.6 is 7.82 Å². The standard InChI is InChI=1S/C70H128NO8P/c1-3-5-7-9-11-13-15-17-19-21-23-25-27-29-31-32-33-34-35-36-37-39-41-43-45-47-49-51-53-55-57-59-61-63-70(73)79-68(67-78-80(74,75)77-65-64-71)66-76-69(72)62-60-58-56-54-52-50-48-46-44-42-40-38-30-28-26-24-22-20-18-16-14-12-10-8-6-4-2/h5,7,11,13,17,19,23,25,29,31,33-34,68H,3-4,6,8-10,12,14-16,18,20-22,24,26-28,30,32,35-67,71H2,1-2H3,(H,74,75)/b7-5-,13-11-,19-17-,25-23-,31-29-,34-33-. The number of phosphoric ester groups is 1. The predicted octanol–water partition coefficient (Wildman–Crippen LogP) is 22.0. The topological polar surface area (TPSA) is 134 Å². The highest BCUT2D eigenvalue weighted by Crippen LogP contribution is 2.43. The molecule has 3 N–H and O–H groups in total. The number of carbonyl (C=O) groups is 2. The van der Waals surface area contributed by atoms with Crippen LogP contribution in [-0.4, -0.2) is 49.3 Å². The predicted molar refractivity (Wildman–Crippen MR) is 344 cm³/mol. The van der Waals surface area contributed by atoms with E-state index < -0.39 is 26.5 Å². The zero-order valence-electron chi connectivity index (χ0n) is 52.3. The SMILES string of the molecule is CC/C=C\C/C=C\C/C=C\C/C=C\C/C=C\C/C=C\CCCCCCCCCCCCCCCCC(=O)OC(COC(=O)CCCCCCCCCCCCCCCCCCCCCCCCCCCC)COP(=O)(O)OCCN. The molecule has 0 rings (SSSR count). The van der Waals surface area contributed by atoms with Gasteiger partial charge in [0.15, 0.2) is 6.10 Å². The number of phosphoric acid groups is 1. The Morgan fingerprint density at radius 3 is 1.02 bits per heavy atom. The molecule has 0 bridgehead atoms. The van der Waals surface area contributed by atoms with Gasteiger partial charge in [-0.15, -0.1) is 0 Å². The van der Waals surface area contributed by atoms with Crippen molar-refractivity contribution in [2.24, 2.45) is 5.73 Å². The van der Waals surface area contributed by atoms with Crippen molar-refractivity contribution >= 4 is 19.8 Å². The molecule has 2 atom stereocenters. The zero-order valence-corrected chi connectivity index (χ0v) is 53.2. The second-order valence-corrected chi connectivity index (χ2v) is 24.1. The number of esters is 2. The van der Waals surface area contributed by atoms with Crippen molar-refractivity contribution in [3.05, 3.63) is 72.9 Å². The second kappa shape index (κ2) is 65.6. The number of ether oxygens (including phenoxy) is 2. The van der Waals surface area contributed by atoms with Gasteiger partial charge >= 0.3 is 19.8 Å². The first-order valence-electron chi connectivity index (χ1n) is 33.9. The van der Waals surface area contributed by atoms with Crippen molar-refractivity contribution in [1.29, 1.82) is 0 Å². The van der Waals surface area contributed by atoms with Gasteiger partial charge in [0.05, 0.1) is 13.2 Å². The monoisotopic (exact) mass is 1140 g/mol. The van der Waals surface area contributed by atoms with Gasteiger partial charge < -0.3 is 20.1 Å². The zero-order chi connectivity index (χ0) is 58.0. The number of carbonyl (C=O) groups excluding carboxylic acids is 2. The van der Waals surface area contributed by atoms with Gasteiger partial charge in [0.25, 0.3) is 0 Å². The molecule has 10 heteroatoms. The fraction of sp³-hybridized carbons (Fsp3) is 0.800. The van der Waals surface area contributed by atoms with Crippen LogP contribution in [0.3, 0.4) is 0 Å². The molecule has 80 heavy (non-hydrogen) atoms. The summed E-state index contributed by atoms with van der Waals surface area (Å²) in [6.45, 7) is 3.68. The Kier molecular flexibility index (Phi) is 63.5. The molecular formula is C70H128NO8P. The van der Waals surface area contributed by atoms with Gasteiger partial charge in [0, 0.05) is 19.4 Å². The summed E-state index contributed by atoms with van der Waals surface area (Å²) in [6.07, 6.45) is 85.6. The Bertz CT molecular complexity index is 1540. The number of hydrogen-bond donors (Lipinski definition) is 2. The van der Waals surface area contributed by atoms with Gasteiger partial charge in [0.1, 0.15) is 6.61 Å². The Balaban J connectivity index is 3.88. The molecule has 0 saturated carbocycles. The molecule has 0 spiro atoms. The lowest BCUT2D eigenvalue weighted by Crippen LogP contribution is -2.29. The molecule has 2 unspecified atom stereocenters. The van der Waals surface area contributed by atoms with Crippen LogP contribution in [0.25, 0.3) is 0 Å². The van der Waals surface area contributed by atoms with Crippen LogP contribution in [0.2, 0.25) is 0 Å². The summed E-state index contributed by atoms with van der Waals surface area (Å²) in [5, 5.41) is 0. The van der Waals surface area contributed by atoms with Crippen molar-refractivity contribution in [3.8, 4) is 0 Å². The Hall–Kier alpha value is -2.55. The van der Waals surface area contributed by atoms with Crippen molar-refractivity contribution in [2.75, 3.05) is 26.4 Å². The summed E-state index contributed by atoms with van der Waals surface area (Å²) in [6, 6.07) is 0. The molecule has 0 fully saturated rings. The third-order valence-corrected chi connectivity index (χ3v) is 15.8. The fourth-order valence-corrected chi connectivity index (χ4v) is 10.6. The van der Waals surface area contributed by atoms with Crippen molar-refractivity contribution in [3.63, 3.8) is 0 Å². The molecule has 0 amide bonds. The normalized spacial score (nSPS) is 13.4. The van der Waals surface area contributed by atoms with Crippen LogP contribution in [0.15, 0.2) is 72.9 Å². The van der Waals surface area contributed by atoms with E-state index >= 15 is 0 Å².